The molecule has 2 rings (SSSR count). The third-order valence-corrected chi connectivity index (χ3v) is 5.94. The molecule has 0 aliphatic heterocycles. The molecule has 3 nitrogen and oxygen atoms in total. The predicted octanol–water partition coefficient (Wildman–Crippen LogP) is 4.82. The summed E-state index contributed by atoms with van der Waals surface area (Å²) >= 11 is 0. The van der Waals surface area contributed by atoms with Gasteiger partial charge < -0.3 is 9.84 Å². The summed E-state index contributed by atoms with van der Waals surface area (Å²) in [5.74, 6) is 0.930. The van der Waals surface area contributed by atoms with Crippen LogP contribution in [-0.2, 0) is 9.53 Å². The third-order valence-electron chi connectivity index (χ3n) is 5.94. The molecule has 0 spiro atoms. The zero-order valence-electron chi connectivity index (χ0n) is 16.4. The zero-order chi connectivity index (χ0) is 18.6. The van der Waals surface area contributed by atoms with E-state index in [-0.39, 0.29) is 29.8 Å². The third kappa shape index (κ3) is 5.07. The van der Waals surface area contributed by atoms with E-state index in [1.165, 1.54) is 23.6 Å². The molecule has 0 saturated carbocycles. The van der Waals surface area contributed by atoms with Crippen LogP contribution in [0.15, 0.2) is 34.9 Å². The van der Waals surface area contributed by atoms with Gasteiger partial charge in [-0.25, -0.2) is 0 Å². The molecule has 2 aliphatic rings. The number of hydrogen-bond donors (Lipinski definition) is 1. The summed E-state index contributed by atoms with van der Waals surface area (Å²) in [6.07, 6.45) is 10.4. The lowest BCUT2D eigenvalue weighted by Crippen LogP contribution is -2.35. The van der Waals surface area contributed by atoms with Crippen molar-refractivity contribution < 1.29 is 14.6 Å². The number of aliphatic hydroxyl groups is 1. The van der Waals surface area contributed by atoms with Crippen LogP contribution in [0.5, 0.6) is 0 Å². The molecule has 0 radical (unpaired) electrons. The van der Waals surface area contributed by atoms with Crippen LogP contribution in [0, 0.1) is 23.7 Å². The number of carbonyl (C=O) groups is 1. The summed E-state index contributed by atoms with van der Waals surface area (Å²) in [4.78, 5) is 11.2. The first kappa shape index (κ1) is 20.0. The topological polar surface area (TPSA) is 46.5 Å². The van der Waals surface area contributed by atoms with Gasteiger partial charge in [0.2, 0.25) is 0 Å². The van der Waals surface area contributed by atoms with Crippen LogP contribution in [0.25, 0.3) is 0 Å². The van der Waals surface area contributed by atoms with E-state index < -0.39 is 0 Å². The molecule has 25 heavy (non-hydrogen) atoms. The predicted molar refractivity (Wildman–Crippen MR) is 102 cm³/mol. The number of rotatable bonds is 6. The van der Waals surface area contributed by atoms with Crippen molar-refractivity contribution in [3.8, 4) is 0 Å². The molecule has 2 aliphatic carbocycles. The van der Waals surface area contributed by atoms with Crippen molar-refractivity contribution in [3.05, 3.63) is 34.9 Å². The molecule has 0 heterocycles. The molecule has 0 amide bonds. The summed E-state index contributed by atoms with van der Waals surface area (Å²) < 4.78 is 5.28. The first-order chi connectivity index (χ1) is 11.8. The van der Waals surface area contributed by atoms with Gasteiger partial charge in [0.15, 0.2) is 0 Å². The second-order valence-corrected chi connectivity index (χ2v) is 8.10. The smallest absolute Gasteiger partial charge is 0.302 e. The average Bonchev–Trinajstić information content (AvgIpc) is 2.84. The Kier molecular flexibility index (Phi) is 7.06. The molecule has 3 heteroatoms. The first-order valence-electron chi connectivity index (χ1n) is 9.61. The molecule has 1 N–H and O–H groups in total. The van der Waals surface area contributed by atoms with E-state index >= 15 is 0 Å². The Balaban J connectivity index is 2.15. The highest BCUT2D eigenvalue weighted by Crippen LogP contribution is 2.45. The van der Waals surface area contributed by atoms with Crippen LogP contribution in [0.1, 0.15) is 60.3 Å². The van der Waals surface area contributed by atoms with Crippen molar-refractivity contribution in [3.63, 3.8) is 0 Å². The lowest BCUT2D eigenvalue weighted by atomic mass is 9.75. The normalized spacial score (nSPS) is 29.8. The van der Waals surface area contributed by atoms with Gasteiger partial charge in [-0.15, -0.1) is 0 Å². The Hall–Kier alpha value is -1.35. The van der Waals surface area contributed by atoms with Gasteiger partial charge in [0.25, 0.3) is 0 Å². The number of fused-ring (bicyclic) bond motifs is 1. The summed E-state index contributed by atoms with van der Waals surface area (Å²) in [6.45, 7) is 10.5. The molecule has 5 unspecified atom stereocenters. The fraction of sp³-hybridized carbons (Fsp3) is 0.682. The first-order valence-corrected chi connectivity index (χ1v) is 9.61. The van der Waals surface area contributed by atoms with Gasteiger partial charge in [-0.2, -0.15) is 0 Å². The van der Waals surface area contributed by atoms with Crippen LogP contribution in [0.3, 0.4) is 0 Å². The van der Waals surface area contributed by atoms with Crippen molar-refractivity contribution >= 4 is 5.97 Å². The summed E-state index contributed by atoms with van der Waals surface area (Å²) in [6, 6.07) is 0. The van der Waals surface area contributed by atoms with Crippen LogP contribution >= 0.6 is 0 Å². The van der Waals surface area contributed by atoms with E-state index in [2.05, 4.69) is 45.9 Å². The molecule has 0 fully saturated rings. The molecule has 0 saturated heterocycles. The molecule has 0 aromatic rings. The molecule has 0 bridgehead atoms. The van der Waals surface area contributed by atoms with Crippen molar-refractivity contribution in [2.45, 2.75) is 66.4 Å². The van der Waals surface area contributed by atoms with Gasteiger partial charge in [-0.1, -0.05) is 36.3 Å². The van der Waals surface area contributed by atoms with E-state index in [9.17, 15) is 9.90 Å². The van der Waals surface area contributed by atoms with Crippen LogP contribution in [0.4, 0.5) is 0 Å². The van der Waals surface area contributed by atoms with Crippen molar-refractivity contribution in [1.82, 2.24) is 0 Å². The number of allylic oxidation sites excluding steroid dienone is 4. The highest BCUT2D eigenvalue weighted by atomic mass is 16.5. The van der Waals surface area contributed by atoms with Crippen molar-refractivity contribution in [2.24, 2.45) is 23.7 Å². The lowest BCUT2D eigenvalue weighted by Gasteiger charge is -2.33. The lowest BCUT2D eigenvalue weighted by molar-refractivity contribution is -0.140. The molecule has 0 aromatic heterocycles. The number of carbonyl (C=O) groups excluding carboxylic acids is 1. The Bertz CT molecular complexity index is 566. The maximum Gasteiger partial charge on any atom is 0.302 e. The maximum absolute atomic E-state index is 11.2. The average molecular weight is 347 g/mol. The standard InChI is InChI=1S/C22H34O3/c1-14(2)7-6-8-15(3)19-12-10-18(13-25-17(5)23)20-11-9-16(4)21(20)22(19)24/h7,9-10,15,19-22,24H,6,8,11-13H2,1-5H3. The second-order valence-electron chi connectivity index (χ2n) is 8.10. The molecule has 0 aromatic carbocycles. The fourth-order valence-corrected chi connectivity index (χ4v) is 4.42. The highest BCUT2D eigenvalue weighted by molar-refractivity contribution is 5.66. The Morgan fingerprint density at radius 2 is 2.04 bits per heavy atom. The van der Waals surface area contributed by atoms with Crippen molar-refractivity contribution in [2.75, 3.05) is 6.61 Å². The van der Waals surface area contributed by atoms with E-state index in [0.717, 1.165) is 25.7 Å². The van der Waals surface area contributed by atoms with E-state index in [1.54, 1.807) is 0 Å². The quantitative estimate of drug-likeness (QED) is 0.554. The van der Waals surface area contributed by atoms with Crippen molar-refractivity contribution in [1.29, 1.82) is 0 Å². The summed E-state index contributed by atoms with van der Waals surface area (Å²) in [5, 5.41) is 11.2. The van der Waals surface area contributed by atoms with Gasteiger partial charge in [0, 0.05) is 12.8 Å². The Morgan fingerprint density at radius 1 is 1.32 bits per heavy atom. The molecule has 140 valence electrons. The van der Waals surface area contributed by atoms with Crippen LogP contribution < -0.4 is 0 Å². The van der Waals surface area contributed by atoms with Gasteiger partial charge in [-0.3, -0.25) is 4.79 Å². The largest absolute Gasteiger partial charge is 0.461 e. The molecular formula is C22H34O3. The number of ether oxygens (including phenoxy) is 1. The van der Waals surface area contributed by atoms with Crippen LogP contribution in [-0.4, -0.2) is 23.8 Å². The zero-order valence-corrected chi connectivity index (χ0v) is 16.4. The van der Waals surface area contributed by atoms with E-state index in [1.807, 2.05) is 0 Å². The Labute approximate surface area is 152 Å². The molecule has 5 atom stereocenters. The fourth-order valence-electron chi connectivity index (χ4n) is 4.42. The van der Waals surface area contributed by atoms with E-state index in [0.29, 0.717) is 12.5 Å². The minimum atomic E-state index is -0.323. The summed E-state index contributed by atoms with van der Waals surface area (Å²) in [7, 11) is 0. The van der Waals surface area contributed by atoms with E-state index in [4.69, 9.17) is 4.74 Å². The highest BCUT2D eigenvalue weighted by Gasteiger charge is 2.42. The Morgan fingerprint density at radius 3 is 2.68 bits per heavy atom. The number of hydrogen-bond acceptors (Lipinski definition) is 3. The van der Waals surface area contributed by atoms with Crippen LogP contribution in [0.2, 0.25) is 0 Å². The molecular weight excluding hydrogens is 312 g/mol. The second kappa shape index (κ2) is 8.84. The van der Waals surface area contributed by atoms with Gasteiger partial charge in [0.1, 0.15) is 6.61 Å². The number of aliphatic hydroxyl groups excluding tert-OH is 1. The minimum Gasteiger partial charge on any atom is -0.461 e. The SMILES string of the molecule is CC(=O)OCC1=CCC(C(C)CCC=C(C)C)C(O)C2C(C)=CCC12. The monoisotopic (exact) mass is 346 g/mol. The number of esters is 1. The summed E-state index contributed by atoms with van der Waals surface area (Å²) in [5.41, 5.74) is 3.83. The van der Waals surface area contributed by atoms with Gasteiger partial charge in [0.05, 0.1) is 6.10 Å². The maximum atomic E-state index is 11.2. The minimum absolute atomic E-state index is 0.167. The van der Waals surface area contributed by atoms with Gasteiger partial charge in [-0.05, 0) is 69.8 Å². The van der Waals surface area contributed by atoms with Gasteiger partial charge >= 0.3 is 5.97 Å².